The number of nitrogens with one attached hydrogen (secondary N) is 1. The minimum atomic E-state index is -0.161. The molecule has 1 heterocycles. The van der Waals surface area contributed by atoms with Crippen molar-refractivity contribution in [3.63, 3.8) is 0 Å². The van der Waals surface area contributed by atoms with Crippen molar-refractivity contribution in [2.24, 2.45) is 5.73 Å². The number of hydrogen-bond acceptors (Lipinski definition) is 4. The quantitative estimate of drug-likeness (QED) is 0.821. The minimum absolute atomic E-state index is 0.161. The summed E-state index contributed by atoms with van der Waals surface area (Å²) >= 11 is 1.30. The highest BCUT2D eigenvalue weighted by atomic mass is 32.1. The first-order valence-corrected chi connectivity index (χ1v) is 6.57. The molecule has 5 heteroatoms. The highest BCUT2D eigenvalue weighted by Crippen LogP contribution is 2.16. The van der Waals surface area contributed by atoms with Gasteiger partial charge in [-0.2, -0.15) is 0 Å². The average Bonchev–Trinajstić information content (AvgIpc) is 2.89. The molecule has 0 aliphatic rings. The maximum Gasteiger partial charge on any atom is 0.267 e. The SMILES string of the molecule is Cc1cc(C#CCN)cc(NC(=O)c2cncs2)c1. The van der Waals surface area contributed by atoms with Gasteiger partial charge in [-0.25, -0.2) is 0 Å². The van der Waals surface area contributed by atoms with E-state index in [9.17, 15) is 4.79 Å². The van der Waals surface area contributed by atoms with E-state index in [-0.39, 0.29) is 5.91 Å². The van der Waals surface area contributed by atoms with Crippen molar-refractivity contribution in [1.82, 2.24) is 4.98 Å². The predicted molar refractivity (Wildman–Crippen MR) is 77.2 cm³/mol. The standard InChI is InChI=1S/C14H13N3OS/c1-10-5-11(3-2-4-15)7-12(6-10)17-14(18)13-8-16-9-19-13/h5-9H,4,15H2,1H3,(H,17,18). The first-order valence-electron chi connectivity index (χ1n) is 5.69. The minimum Gasteiger partial charge on any atom is -0.321 e. The zero-order valence-corrected chi connectivity index (χ0v) is 11.3. The fourth-order valence-corrected chi connectivity index (χ4v) is 2.12. The lowest BCUT2D eigenvalue weighted by atomic mass is 10.1. The Labute approximate surface area is 115 Å². The molecule has 0 spiro atoms. The molecule has 0 aliphatic carbocycles. The lowest BCUT2D eigenvalue weighted by Crippen LogP contribution is -2.10. The van der Waals surface area contributed by atoms with Gasteiger partial charge in [-0.15, -0.1) is 11.3 Å². The van der Waals surface area contributed by atoms with Crippen LogP contribution in [0.4, 0.5) is 5.69 Å². The summed E-state index contributed by atoms with van der Waals surface area (Å²) in [5.41, 5.74) is 9.57. The monoisotopic (exact) mass is 271 g/mol. The number of hydrogen-bond donors (Lipinski definition) is 2. The van der Waals surface area contributed by atoms with Gasteiger partial charge in [0, 0.05) is 11.3 Å². The van der Waals surface area contributed by atoms with Crippen molar-refractivity contribution in [3.05, 3.63) is 45.9 Å². The first-order chi connectivity index (χ1) is 9.19. The Hall–Kier alpha value is -2.16. The molecule has 19 heavy (non-hydrogen) atoms. The Kier molecular flexibility index (Phi) is 4.29. The average molecular weight is 271 g/mol. The molecule has 2 aromatic rings. The third kappa shape index (κ3) is 3.65. The van der Waals surface area contributed by atoms with Crippen LogP contribution < -0.4 is 11.1 Å². The lowest BCUT2D eigenvalue weighted by molar-refractivity contribution is 0.103. The van der Waals surface area contributed by atoms with Gasteiger partial charge < -0.3 is 11.1 Å². The van der Waals surface area contributed by atoms with Crippen LogP contribution in [0.15, 0.2) is 29.9 Å². The van der Waals surface area contributed by atoms with Crippen LogP contribution in [0, 0.1) is 18.8 Å². The Morgan fingerprint density at radius 1 is 1.47 bits per heavy atom. The van der Waals surface area contributed by atoms with Crippen molar-refractivity contribution < 1.29 is 4.79 Å². The third-order valence-electron chi connectivity index (χ3n) is 2.33. The van der Waals surface area contributed by atoms with Crippen LogP contribution in [0.1, 0.15) is 20.8 Å². The van der Waals surface area contributed by atoms with E-state index >= 15 is 0 Å². The highest BCUT2D eigenvalue weighted by Gasteiger charge is 2.08. The molecule has 3 N–H and O–H groups in total. The maximum absolute atomic E-state index is 11.9. The molecule has 4 nitrogen and oxygen atoms in total. The molecule has 1 aromatic heterocycles. The molecular formula is C14H13N3OS. The van der Waals surface area contributed by atoms with Crippen molar-refractivity contribution in [1.29, 1.82) is 0 Å². The first kappa shape index (κ1) is 13.3. The molecule has 1 aromatic carbocycles. The van der Waals surface area contributed by atoms with Crippen LogP contribution in [-0.2, 0) is 0 Å². The summed E-state index contributed by atoms with van der Waals surface area (Å²) in [6.45, 7) is 2.27. The summed E-state index contributed by atoms with van der Waals surface area (Å²) in [5.74, 6) is 5.59. The van der Waals surface area contributed by atoms with Gasteiger partial charge in [0.05, 0.1) is 18.3 Å². The van der Waals surface area contributed by atoms with Crippen LogP contribution in [0.3, 0.4) is 0 Å². The summed E-state index contributed by atoms with van der Waals surface area (Å²) in [7, 11) is 0. The van der Waals surface area contributed by atoms with E-state index in [0.717, 1.165) is 16.8 Å². The largest absolute Gasteiger partial charge is 0.321 e. The van der Waals surface area contributed by atoms with E-state index in [0.29, 0.717) is 11.4 Å². The Bertz CT molecular complexity index is 638. The second-order valence-electron chi connectivity index (χ2n) is 3.91. The zero-order valence-electron chi connectivity index (χ0n) is 10.4. The van der Waals surface area contributed by atoms with Crippen LogP contribution in [-0.4, -0.2) is 17.4 Å². The zero-order chi connectivity index (χ0) is 13.7. The number of benzene rings is 1. The van der Waals surface area contributed by atoms with E-state index < -0.39 is 0 Å². The highest BCUT2D eigenvalue weighted by molar-refractivity contribution is 7.11. The Morgan fingerprint density at radius 2 is 2.32 bits per heavy atom. The van der Waals surface area contributed by atoms with Crippen LogP contribution in [0.2, 0.25) is 0 Å². The molecule has 0 saturated carbocycles. The van der Waals surface area contributed by atoms with E-state index in [2.05, 4.69) is 22.1 Å². The number of aryl methyl sites for hydroxylation is 1. The van der Waals surface area contributed by atoms with Gasteiger partial charge in [0.15, 0.2) is 0 Å². The fourth-order valence-electron chi connectivity index (χ4n) is 1.60. The van der Waals surface area contributed by atoms with E-state index in [1.807, 2.05) is 25.1 Å². The van der Waals surface area contributed by atoms with Crippen LogP contribution >= 0.6 is 11.3 Å². The summed E-state index contributed by atoms with van der Waals surface area (Å²) in [5, 5.41) is 2.83. The van der Waals surface area contributed by atoms with Gasteiger partial charge in [0.25, 0.3) is 5.91 Å². The van der Waals surface area contributed by atoms with Crippen molar-refractivity contribution in [2.75, 3.05) is 11.9 Å². The number of rotatable bonds is 2. The summed E-state index contributed by atoms with van der Waals surface area (Å²) in [4.78, 5) is 16.4. The second kappa shape index (κ2) is 6.14. The number of thiazole rings is 1. The molecule has 2 rings (SSSR count). The van der Waals surface area contributed by atoms with Crippen molar-refractivity contribution in [3.8, 4) is 11.8 Å². The normalized spacial score (nSPS) is 9.58. The topological polar surface area (TPSA) is 68.0 Å². The molecule has 96 valence electrons. The van der Waals surface area contributed by atoms with E-state index in [1.165, 1.54) is 11.3 Å². The molecular weight excluding hydrogens is 258 g/mol. The smallest absolute Gasteiger partial charge is 0.267 e. The van der Waals surface area contributed by atoms with Gasteiger partial charge in [0.1, 0.15) is 4.88 Å². The van der Waals surface area contributed by atoms with Gasteiger partial charge in [-0.1, -0.05) is 11.8 Å². The number of carbonyl (C=O) groups is 1. The second-order valence-corrected chi connectivity index (χ2v) is 4.80. The third-order valence-corrected chi connectivity index (χ3v) is 3.10. The Morgan fingerprint density at radius 3 is 3.00 bits per heavy atom. The van der Waals surface area contributed by atoms with E-state index in [1.54, 1.807) is 11.7 Å². The van der Waals surface area contributed by atoms with Crippen LogP contribution in [0.25, 0.3) is 0 Å². The summed E-state index contributed by atoms with van der Waals surface area (Å²) < 4.78 is 0. The van der Waals surface area contributed by atoms with Gasteiger partial charge >= 0.3 is 0 Å². The van der Waals surface area contributed by atoms with Gasteiger partial charge in [-0.05, 0) is 30.7 Å². The molecule has 0 bridgehead atoms. The molecule has 1 amide bonds. The van der Waals surface area contributed by atoms with Crippen LogP contribution in [0.5, 0.6) is 0 Å². The predicted octanol–water partition coefficient (Wildman–Crippen LogP) is 2.01. The fraction of sp³-hybridized carbons (Fsp3) is 0.143. The van der Waals surface area contributed by atoms with E-state index in [4.69, 9.17) is 5.73 Å². The number of amides is 1. The summed E-state index contributed by atoms with van der Waals surface area (Å²) in [6.07, 6.45) is 1.55. The van der Waals surface area contributed by atoms with Crippen molar-refractivity contribution in [2.45, 2.75) is 6.92 Å². The number of aromatic nitrogens is 1. The maximum atomic E-state index is 11.9. The van der Waals surface area contributed by atoms with Crippen molar-refractivity contribution >= 4 is 22.9 Å². The molecule has 0 atom stereocenters. The number of nitrogens with two attached hydrogens (primary N) is 1. The van der Waals surface area contributed by atoms with Gasteiger partial charge in [-0.3, -0.25) is 9.78 Å². The molecule has 0 radical (unpaired) electrons. The molecule has 0 unspecified atom stereocenters. The number of nitrogens with zero attached hydrogens (tertiary/aromatic N) is 1. The Balaban J connectivity index is 2.20. The molecule has 0 saturated heterocycles. The molecule has 0 fully saturated rings. The summed E-state index contributed by atoms with van der Waals surface area (Å²) in [6, 6.07) is 5.67. The molecule has 0 aliphatic heterocycles. The lowest BCUT2D eigenvalue weighted by Gasteiger charge is -2.05. The number of carbonyl (C=O) groups excluding carboxylic acids is 1. The van der Waals surface area contributed by atoms with Gasteiger partial charge in [0.2, 0.25) is 0 Å². The number of anilines is 1.